The van der Waals surface area contributed by atoms with Gasteiger partial charge in [0.05, 0.1) is 10.6 Å². The number of nitrogens with zero attached hydrogens (tertiary/aromatic N) is 1. The van der Waals surface area contributed by atoms with Crippen molar-refractivity contribution in [2.75, 3.05) is 0 Å². The Bertz CT molecular complexity index is 651. The molecule has 0 radical (unpaired) electrons. The highest BCUT2D eigenvalue weighted by Crippen LogP contribution is 2.21. The maximum atomic E-state index is 12.1. The normalized spacial score (nSPS) is 11.4. The van der Waals surface area contributed by atoms with E-state index in [4.69, 9.17) is 0 Å². The van der Waals surface area contributed by atoms with Gasteiger partial charge in [0.15, 0.2) is 9.84 Å². The topological polar surface area (TPSA) is 67.3 Å². The number of pyridine rings is 1. The van der Waals surface area contributed by atoms with Crippen LogP contribution in [0, 0.1) is 6.92 Å². The molecule has 5 heteroatoms. The van der Waals surface area contributed by atoms with E-state index in [2.05, 4.69) is 4.98 Å². The van der Waals surface area contributed by atoms with Crippen molar-refractivity contribution in [2.45, 2.75) is 17.6 Å². The molecule has 0 saturated carbocycles. The molecule has 2 aromatic rings. The minimum atomic E-state index is -3.48. The van der Waals surface area contributed by atoms with Crippen LogP contribution in [0.2, 0.25) is 0 Å². The Hall–Kier alpha value is -1.88. The third-order valence-corrected chi connectivity index (χ3v) is 4.16. The largest absolute Gasteiger partial charge is 0.506 e. The molecular weight excluding hydrogens is 250 g/mol. The molecule has 0 amide bonds. The predicted molar refractivity (Wildman–Crippen MR) is 68.0 cm³/mol. The van der Waals surface area contributed by atoms with Crippen molar-refractivity contribution in [3.8, 4) is 5.75 Å². The van der Waals surface area contributed by atoms with Crippen LogP contribution in [-0.2, 0) is 15.6 Å². The van der Waals surface area contributed by atoms with Gasteiger partial charge in [-0.2, -0.15) is 0 Å². The van der Waals surface area contributed by atoms with E-state index < -0.39 is 9.84 Å². The average molecular weight is 263 g/mol. The molecule has 1 aromatic carbocycles. The monoisotopic (exact) mass is 263 g/mol. The van der Waals surface area contributed by atoms with Crippen LogP contribution in [0.25, 0.3) is 0 Å². The summed E-state index contributed by atoms with van der Waals surface area (Å²) in [6.45, 7) is 1.75. The first-order chi connectivity index (χ1) is 8.49. The summed E-state index contributed by atoms with van der Waals surface area (Å²) in [4.78, 5) is 4.28. The van der Waals surface area contributed by atoms with Crippen LogP contribution >= 0.6 is 0 Å². The fraction of sp³-hybridized carbons (Fsp3) is 0.154. The summed E-state index contributed by atoms with van der Waals surface area (Å²) >= 11 is 0. The molecule has 0 aliphatic heterocycles. The van der Waals surface area contributed by atoms with Gasteiger partial charge in [-0.3, -0.25) is 4.98 Å². The molecule has 0 fully saturated rings. The summed E-state index contributed by atoms with van der Waals surface area (Å²) in [6.07, 6.45) is 0. The van der Waals surface area contributed by atoms with Gasteiger partial charge >= 0.3 is 0 Å². The second-order valence-electron chi connectivity index (χ2n) is 3.99. The van der Waals surface area contributed by atoms with Crippen LogP contribution in [0.5, 0.6) is 5.75 Å². The van der Waals surface area contributed by atoms with E-state index in [0.717, 1.165) is 0 Å². The average Bonchev–Trinajstić information content (AvgIpc) is 2.35. The summed E-state index contributed by atoms with van der Waals surface area (Å²) < 4.78 is 24.2. The third kappa shape index (κ3) is 2.68. The van der Waals surface area contributed by atoms with E-state index in [1.807, 2.05) is 0 Å². The highest BCUT2D eigenvalue weighted by molar-refractivity contribution is 7.90. The molecule has 18 heavy (non-hydrogen) atoms. The molecule has 0 spiro atoms. The molecule has 4 nitrogen and oxygen atoms in total. The number of aromatic nitrogens is 1. The molecule has 0 atom stereocenters. The number of hydrogen-bond acceptors (Lipinski definition) is 4. The third-order valence-electron chi connectivity index (χ3n) is 2.52. The molecule has 1 aromatic heterocycles. The summed E-state index contributed by atoms with van der Waals surface area (Å²) in [5.74, 6) is -0.398. The standard InChI is InChI=1S/C13H13NO3S/c1-10-7-8-13(15)12(14-10)9-18(16,17)11-5-3-2-4-6-11/h2-8,15H,9H2,1H3. The Kier molecular flexibility index (Phi) is 3.34. The summed E-state index contributed by atoms with van der Waals surface area (Å²) in [5, 5.41) is 9.62. The Labute approximate surface area is 106 Å². The summed E-state index contributed by atoms with van der Waals surface area (Å²) in [6, 6.07) is 11.2. The van der Waals surface area contributed by atoms with Crippen molar-refractivity contribution in [2.24, 2.45) is 0 Å². The predicted octanol–water partition coefficient (Wildman–Crippen LogP) is 2.07. The van der Waals surface area contributed by atoms with Gasteiger partial charge in [-0.15, -0.1) is 0 Å². The molecule has 94 valence electrons. The first-order valence-electron chi connectivity index (χ1n) is 5.42. The lowest BCUT2D eigenvalue weighted by atomic mass is 10.3. The summed E-state index contributed by atoms with van der Waals surface area (Å²) in [5.41, 5.74) is 0.852. The Morgan fingerprint density at radius 2 is 1.78 bits per heavy atom. The van der Waals surface area contributed by atoms with Gasteiger partial charge in [0, 0.05) is 5.69 Å². The number of benzene rings is 1. The number of hydrogen-bond donors (Lipinski definition) is 1. The van der Waals surface area contributed by atoms with Crippen LogP contribution in [0.15, 0.2) is 47.4 Å². The van der Waals surface area contributed by atoms with Crippen molar-refractivity contribution in [1.29, 1.82) is 0 Å². The second-order valence-corrected chi connectivity index (χ2v) is 5.98. The van der Waals surface area contributed by atoms with Gasteiger partial charge in [0.2, 0.25) is 0 Å². The van der Waals surface area contributed by atoms with Crippen LogP contribution in [0.1, 0.15) is 11.4 Å². The molecule has 2 rings (SSSR count). The zero-order valence-electron chi connectivity index (χ0n) is 9.87. The van der Waals surface area contributed by atoms with Crippen molar-refractivity contribution in [1.82, 2.24) is 4.98 Å². The molecule has 0 aliphatic carbocycles. The molecule has 1 heterocycles. The maximum Gasteiger partial charge on any atom is 0.184 e. The smallest absolute Gasteiger partial charge is 0.184 e. The van der Waals surface area contributed by atoms with Gasteiger partial charge in [-0.1, -0.05) is 18.2 Å². The van der Waals surface area contributed by atoms with Crippen LogP contribution in [0.3, 0.4) is 0 Å². The van der Waals surface area contributed by atoms with Gasteiger partial charge in [-0.05, 0) is 31.2 Å². The zero-order valence-corrected chi connectivity index (χ0v) is 10.7. The minimum absolute atomic E-state index is 0.0971. The number of aromatic hydroxyl groups is 1. The summed E-state index contributed by atoms with van der Waals surface area (Å²) in [7, 11) is -3.48. The van der Waals surface area contributed by atoms with Crippen molar-refractivity contribution in [3.63, 3.8) is 0 Å². The van der Waals surface area contributed by atoms with E-state index in [0.29, 0.717) is 5.69 Å². The lowest BCUT2D eigenvalue weighted by Gasteiger charge is -2.06. The maximum absolute atomic E-state index is 12.1. The highest BCUT2D eigenvalue weighted by Gasteiger charge is 2.18. The minimum Gasteiger partial charge on any atom is -0.506 e. The molecule has 1 N–H and O–H groups in total. The van der Waals surface area contributed by atoms with Crippen molar-refractivity contribution >= 4 is 9.84 Å². The molecule has 0 aliphatic rings. The van der Waals surface area contributed by atoms with Crippen molar-refractivity contribution in [3.05, 3.63) is 53.9 Å². The van der Waals surface area contributed by atoms with E-state index in [1.165, 1.54) is 18.2 Å². The van der Waals surface area contributed by atoms with Crippen LogP contribution in [-0.4, -0.2) is 18.5 Å². The van der Waals surface area contributed by atoms with Gasteiger partial charge < -0.3 is 5.11 Å². The molecule has 0 bridgehead atoms. The van der Waals surface area contributed by atoms with Crippen LogP contribution in [0.4, 0.5) is 0 Å². The van der Waals surface area contributed by atoms with Crippen molar-refractivity contribution < 1.29 is 13.5 Å². The zero-order chi connectivity index (χ0) is 13.2. The number of aryl methyl sites for hydroxylation is 1. The Morgan fingerprint density at radius 1 is 1.11 bits per heavy atom. The highest BCUT2D eigenvalue weighted by atomic mass is 32.2. The van der Waals surface area contributed by atoms with E-state index in [-0.39, 0.29) is 22.1 Å². The van der Waals surface area contributed by atoms with Gasteiger partial charge in [-0.25, -0.2) is 8.42 Å². The van der Waals surface area contributed by atoms with Gasteiger partial charge in [0.1, 0.15) is 11.5 Å². The molecule has 0 unspecified atom stereocenters. The second kappa shape index (κ2) is 4.78. The SMILES string of the molecule is Cc1ccc(O)c(CS(=O)(=O)c2ccccc2)n1. The first kappa shape index (κ1) is 12.6. The number of sulfone groups is 1. The lowest BCUT2D eigenvalue weighted by Crippen LogP contribution is -2.07. The fourth-order valence-corrected chi connectivity index (χ4v) is 2.91. The fourth-order valence-electron chi connectivity index (χ4n) is 1.60. The van der Waals surface area contributed by atoms with Gasteiger partial charge in [0.25, 0.3) is 0 Å². The van der Waals surface area contributed by atoms with Crippen LogP contribution < -0.4 is 0 Å². The Balaban J connectivity index is 2.37. The van der Waals surface area contributed by atoms with E-state index in [9.17, 15) is 13.5 Å². The Morgan fingerprint density at radius 3 is 2.44 bits per heavy atom. The molecular formula is C13H13NO3S. The number of rotatable bonds is 3. The molecule has 0 saturated heterocycles. The first-order valence-corrected chi connectivity index (χ1v) is 7.07. The van der Waals surface area contributed by atoms with E-state index in [1.54, 1.807) is 31.2 Å². The van der Waals surface area contributed by atoms with E-state index >= 15 is 0 Å². The quantitative estimate of drug-likeness (QED) is 0.920. The lowest BCUT2D eigenvalue weighted by molar-refractivity contribution is 0.465.